The highest BCUT2D eigenvalue weighted by atomic mass is 16.6. The van der Waals surface area contributed by atoms with Crippen LogP contribution in [0.25, 0.3) is 0 Å². The molecule has 2 rings (SSSR count). The molecule has 5 heteroatoms. The monoisotopic (exact) mass is 254 g/mol. The summed E-state index contributed by atoms with van der Waals surface area (Å²) >= 11 is 0. The molecule has 2 saturated heterocycles. The molecule has 0 saturated carbocycles. The summed E-state index contributed by atoms with van der Waals surface area (Å²) in [4.78, 5) is 27.0. The van der Waals surface area contributed by atoms with Crippen molar-refractivity contribution in [2.45, 2.75) is 38.5 Å². The number of hydrogen-bond donors (Lipinski definition) is 0. The van der Waals surface area contributed by atoms with Crippen LogP contribution in [0.1, 0.15) is 38.5 Å². The second kappa shape index (κ2) is 6.61. The minimum atomic E-state index is -0.273. The van der Waals surface area contributed by atoms with E-state index in [1.807, 2.05) is 4.90 Å². The highest BCUT2D eigenvalue weighted by molar-refractivity contribution is 5.77. The van der Waals surface area contributed by atoms with Gasteiger partial charge in [-0.05, 0) is 19.3 Å². The Hall–Kier alpha value is -1.26. The highest BCUT2D eigenvalue weighted by Gasteiger charge is 2.22. The van der Waals surface area contributed by atoms with Gasteiger partial charge < -0.3 is 14.5 Å². The summed E-state index contributed by atoms with van der Waals surface area (Å²) in [6.45, 7) is 3.47. The largest absolute Gasteiger partial charge is 0.449 e. The Morgan fingerprint density at radius 2 is 1.78 bits per heavy atom. The minimum Gasteiger partial charge on any atom is -0.449 e. The van der Waals surface area contributed by atoms with Gasteiger partial charge >= 0.3 is 6.09 Å². The van der Waals surface area contributed by atoms with Crippen LogP contribution in [-0.4, -0.2) is 54.6 Å². The van der Waals surface area contributed by atoms with E-state index >= 15 is 0 Å². The zero-order valence-electron chi connectivity index (χ0n) is 10.9. The summed E-state index contributed by atoms with van der Waals surface area (Å²) in [5.41, 5.74) is 0. The lowest BCUT2D eigenvalue weighted by molar-refractivity contribution is -0.131. The van der Waals surface area contributed by atoms with E-state index < -0.39 is 0 Å². The van der Waals surface area contributed by atoms with Crippen molar-refractivity contribution in [3.63, 3.8) is 0 Å². The van der Waals surface area contributed by atoms with Crippen molar-refractivity contribution in [3.05, 3.63) is 0 Å². The lowest BCUT2D eigenvalue weighted by Gasteiger charge is -2.27. The van der Waals surface area contributed by atoms with Crippen LogP contribution in [0.3, 0.4) is 0 Å². The first-order valence-corrected chi connectivity index (χ1v) is 6.97. The molecule has 2 aliphatic rings. The molecular weight excluding hydrogens is 232 g/mol. The van der Waals surface area contributed by atoms with Crippen LogP contribution in [0.5, 0.6) is 0 Å². The van der Waals surface area contributed by atoms with Crippen molar-refractivity contribution in [2.24, 2.45) is 0 Å². The third kappa shape index (κ3) is 3.62. The van der Waals surface area contributed by atoms with E-state index in [0.29, 0.717) is 26.1 Å². The molecule has 0 radical (unpaired) electrons. The predicted molar refractivity (Wildman–Crippen MR) is 67.2 cm³/mol. The number of carbonyl (C=O) groups excluding carboxylic acids is 2. The number of amides is 2. The van der Waals surface area contributed by atoms with E-state index in [4.69, 9.17) is 4.74 Å². The van der Waals surface area contributed by atoms with Crippen LogP contribution in [0.2, 0.25) is 0 Å². The van der Waals surface area contributed by atoms with Gasteiger partial charge in [-0.3, -0.25) is 4.79 Å². The van der Waals surface area contributed by atoms with Crippen LogP contribution < -0.4 is 0 Å². The third-order valence-electron chi connectivity index (χ3n) is 3.61. The van der Waals surface area contributed by atoms with Gasteiger partial charge in [0.2, 0.25) is 5.91 Å². The Morgan fingerprint density at radius 3 is 2.44 bits per heavy atom. The van der Waals surface area contributed by atoms with Crippen LogP contribution in [0, 0.1) is 0 Å². The van der Waals surface area contributed by atoms with Crippen molar-refractivity contribution in [3.8, 4) is 0 Å². The van der Waals surface area contributed by atoms with Gasteiger partial charge in [0.15, 0.2) is 0 Å². The van der Waals surface area contributed by atoms with E-state index in [2.05, 4.69) is 0 Å². The van der Waals surface area contributed by atoms with Gasteiger partial charge in [-0.1, -0.05) is 12.8 Å². The van der Waals surface area contributed by atoms with E-state index in [9.17, 15) is 9.59 Å². The topological polar surface area (TPSA) is 49.9 Å². The normalized spacial score (nSPS) is 21.4. The average Bonchev–Trinajstić information content (AvgIpc) is 2.66. The average molecular weight is 254 g/mol. The SMILES string of the molecule is O=C(CCN1CCCOC1=O)N1CCCCCC1. The number of cyclic esters (lactones) is 1. The predicted octanol–water partition coefficient (Wildman–Crippen LogP) is 1.62. The van der Waals surface area contributed by atoms with Crippen molar-refractivity contribution in [2.75, 3.05) is 32.8 Å². The molecule has 2 amide bonds. The molecule has 2 fully saturated rings. The number of carbonyl (C=O) groups is 2. The van der Waals surface area contributed by atoms with Crippen molar-refractivity contribution >= 4 is 12.0 Å². The maximum Gasteiger partial charge on any atom is 0.409 e. The fraction of sp³-hybridized carbons (Fsp3) is 0.846. The van der Waals surface area contributed by atoms with Crippen LogP contribution in [0.4, 0.5) is 4.79 Å². The second-order valence-electron chi connectivity index (χ2n) is 5.00. The number of ether oxygens (including phenoxy) is 1. The Bertz CT molecular complexity index is 299. The molecule has 2 heterocycles. The molecule has 0 aromatic heterocycles. The first-order chi connectivity index (χ1) is 8.77. The quantitative estimate of drug-likeness (QED) is 0.769. The molecule has 0 aromatic carbocycles. The molecule has 0 N–H and O–H groups in total. The maximum atomic E-state index is 12.0. The van der Waals surface area contributed by atoms with Gasteiger partial charge in [0.05, 0.1) is 6.61 Å². The molecule has 0 unspecified atom stereocenters. The van der Waals surface area contributed by atoms with Crippen molar-refractivity contribution < 1.29 is 14.3 Å². The zero-order valence-corrected chi connectivity index (χ0v) is 10.9. The minimum absolute atomic E-state index is 0.176. The molecule has 102 valence electrons. The van der Waals surface area contributed by atoms with Gasteiger partial charge in [-0.25, -0.2) is 4.79 Å². The first kappa shape index (κ1) is 13.2. The number of nitrogens with zero attached hydrogens (tertiary/aromatic N) is 2. The summed E-state index contributed by atoms with van der Waals surface area (Å²) in [5.74, 6) is 0.176. The molecular formula is C13H22N2O3. The molecule has 0 aliphatic carbocycles. The summed E-state index contributed by atoms with van der Waals surface area (Å²) in [6.07, 6.45) is 5.68. The van der Waals surface area contributed by atoms with Crippen molar-refractivity contribution in [1.82, 2.24) is 9.80 Å². The molecule has 2 aliphatic heterocycles. The zero-order chi connectivity index (χ0) is 12.8. The fourth-order valence-electron chi connectivity index (χ4n) is 2.51. The fourth-order valence-corrected chi connectivity index (χ4v) is 2.51. The molecule has 0 spiro atoms. The van der Waals surface area contributed by atoms with Crippen LogP contribution >= 0.6 is 0 Å². The second-order valence-corrected chi connectivity index (χ2v) is 5.00. The Morgan fingerprint density at radius 1 is 1.06 bits per heavy atom. The molecule has 18 heavy (non-hydrogen) atoms. The summed E-state index contributed by atoms with van der Waals surface area (Å²) < 4.78 is 4.95. The van der Waals surface area contributed by atoms with Gasteiger partial charge in [0.25, 0.3) is 0 Å². The lowest BCUT2D eigenvalue weighted by Crippen LogP contribution is -2.41. The van der Waals surface area contributed by atoms with E-state index in [1.165, 1.54) is 12.8 Å². The van der Waals surface area contributed by atoms with Crippen LogP contribution in [-0.2, 0) is 9.53 Å². The number of hydrogen-bond acceptors (Lipinski definition) is 3. The van der Waals surface area contributed by atoms with E-state index in [-0.39, 0.29) is 12.0 Å². The Balaban J connectivity index is 1.74. The molecule has 0 atom stereocenters. The standard InChI is InChI=1S/C13H22N2O3/c16-12(14-7-3-1-2-4-8-14)6-10-15-9-5-11-18-13(15)17/h1-11H2. The lowest BCUT2D eigenvalue weighted by atomic mass is 10.2. The Labute approximate surface area is 108 Å². The van der Waals surface area contributed by atoms with Gasteiger partial charge in [0, 0.05) is 32.6 Å². The third-order valence-corrected chi connectivity index (χ3v) is 3.61. The smallest absolute Gasteiger partial charge is 0.409 e. The van der Waals surface area contributed by atoms with Gasteiger partial charge in [0.1, 0.15) is 0 Å². The molecule has 0 bridgehead atoms. The van der Waals surface area contributed by atoms with Crippen molar-refractivity contribution in [1.29, 1.82) is 0 Å². The Kier molecular flexibility index (Phi) is 4.84. The maximum absolute atomic E-state index is 12.0. The van der Waals surface area contributed by atoms with Gasteiger partial charge in [-0.15, -0.1) is 0 Å². The number of rotatable bonds is 3. The summed E-state index contributed by atoms with van der Waals surface area (Å²) in [5, 5.41) is 0. The van der Waals surface area contributed by atoms with E-state index in [1.54, 1.807) is 4.90 Å². The highest BCUT2D eigenvalue weighted by Crippen LogP contribution is 2.12. The number of likely N-dealkylation sites (tertiary alicyclic amines) is 1. The molecule has 5 nitrogen and oxygen atoms in total. The van der Waals surface area contributed by atoms with E-state index in [0.717, 1.165) is 32.4 Å². The first-order valence-electron chi connectivity index (χ1n) is 6.97. The molecule has 0 aromatic rings. The van der Waals surface area contributed by atoms with Crippen LogP contribution in [0.15, 0.2) is 0 Å². The van der Waals surface area contributed by atoms with Gasteiger partial charge in [-0.2, -0.15) is 0 Å². The summed E-state index contributed by atoms with van der Waals surface area (Å²) in [7, 11) is 0. The summed E-state index contributed by atoms with van der Waals surface area (Å²) in [6, 6.07) is 0.